The van der Waals surface area contributed by atoms with E-state index in [-0.39, 0.29) is 39.5 Å². The van der Waals surface area contributed by atoms with E-state index in [1.165, 1.54) is 54.4 Å². The van der Waals surface area contributed by atoms with Crippen LogP contribution in [0.2, 0.25) is 0 Å². The van der Waals surface area contributed by atoms with Gasteiger partial charge in [-0.25, -0.2) is 34.1 Å². The highest BCUT2D eigenvalue weighted by atomic mass is 79.9. The Hall–Kier alpha value is -7.11. The van der Waals surface area contributed by atoms with Gasteiger partial charge >= 0.3 is 17.4 Å². The maximum Gasteiger partial charge on any atom is 0.488 e. The quantitative estimate of drug-likeness (QED) is 0.0377. The molecule has 0 aliphatic rings. The summed E-state index contributed by atoms with van der Waals surface area (Å²) in [5, 5.41) is 57.7. The molecular formula is C55H62BBr3ClN11O9S2. The molecule has 0 amide bonds. The van der Waals surface area contributed by atoms with Crippen LogP contribution in [-0.2, 0) is 44.5 Å². The van der Waals surface area contributed by atoms with Gasteiger partial charge in [0.15, 0.2) is 0 Å². The Morgan fingerprint density at radius 2 is 0.854 bits per heavy atom. The largest absolute Gasteiger partial charge is 0.508 e. The summed E-state index contributed by atoms with van der Waals surface area (Å²) in [4.78, 5) is 11.7. The Bertz CT molecular complexity index is 3650. The number of halogens is 4. The number of benzene rings is 7. The first-order chi connectivity index (χ1) is 37.7. The molecule has 0 radical (unpaired) electrons. The van der Waals surface area contributed by atoms with Crippen LogP contribution in [0.1, 0.15) is 44.5 Å². The molecule has 0 unspecified atom stereocenters. The fourth-order valence-electron chi connectivity index (χ4n) is 6.69. The van der Waals surface area contributed by atoms with Crippen molar-refractivity contribution in [1.82, 2.24) is 44.3 Å². The summed E-state index contributed by atoms with van der Waals surface area (Å²) in [6, 6.07) is 52.2. The molecule has 0 aliphatic carbocycles. The Labute approximate surface area is 508 Å². The van der Waals surface area contributed by atoms with Crippen LogP contribution in [0.5, 0.6) is 17.2 Å². The van der Waals surface area contributed by atoms with E-state index in [9.17, 15) is 21.9 Å². The van der Waals surface area contributed by atoms with Crippen molar-refractivity contribution in [3.63, 3.8) is 0 Å². The smallest absolute Gasteiger partial charge is 0.488 e. The van der Waals surface area contributed by atoms with Gasteiger partial charge in [-0.15, -0.1) is 0 Å². The molecule has 27 heteroatoms. The number of aromatic nitrogens is 9. The van der Waals surface area contributed by atoms with E-state index in [1.54, 1.807) is 63.4 Å². The minimum atomic E-state index is -4.04. The molecule has 0 fully saturated rings. The summed E-state index contributed by atoms with van der Waals surface area (Å²) in [5.74, 6) is 0.483. The van der Waals surface area contributed by atoms with Gasteiger partial charge in [-0.05, 0) is 123 Å². The monoisotopic (exact) mass is 1370 g/mol. The van der Waals surface area contributed by atoms with E-state index in [2.05, 4.69) is 124 Å². The average molecular weight is 1370 g/mol. The number of nitrogens with two attached hydrogens (primary N) is 2. The SMILES string of the molecule is BrCc1cccc(Br)c1.Brc1cccc(Cn2cncn2)c1.C.C.C.NS(=O)(=O)Cl.NS(=O)(=O)Oc1cccc(-c2cccc(Cn3cncn3)c2)c1.OB(O)c1cccc(O)c1.Oc1cccc(-c2cccc(Cn3cncn3)c2)c1. The lowest BCUT2D eigenvalue weighted by atomic mass is 9.80. The second kappa shape index (κ2) is 36.4. The van der Waals surface area contributed by atoms with Crippen LogP contribution in [0.25, 0.3) is 22.3 Å². The summed E-state index contributed by atoms with van der Waals surface area (Å²) in [6.07, 6.45) is 9.60. The van der Waals surface area contributed by atoms with E-state index < -0.39 is 26.7 Å². The normalized spacial score (nSPS) is 10.1. The Kier molecular flexibility index (Phi) is 31.5. The number of nitrogens with zero attached hydrogens (tertiary/aromatic N) is 9. The minimum absolute atomic E-state index is 0. The minimum Gasteiger partial charge on any atom is -0.508 e. The summed E-state index contributed by atoms with van der Waals surface area (Å²) in [5.41, 5.74) is 8.82. The molecule has 0 spiro atoms. The molecule has 7 aromatic carbocycles. The van der Waals surface area contributed by atoms with E-state index in [0.717, 1.165) is 54.2 Å². The fraction of sp³-hybridized carbons (Fsp3) is 0.127. The third kappa shape index (κ3) is 28.5. The van der Waals surface area contributed by atoms with Crippen molar-refractivity contribution in [3.05, 3.63) is 239 Å². The average Bonchev–Trinajstić information content (AvgIpc) is 4.26. The van der Waals surface area contributed by atoms with Crippen molar-refractivity contribution in [2.24, 2.45) is 10.3 Å². The third-order valence-electron chi connectivity index (χ3n) is 9.95. The van der Waals surface area contributed by atoms with Crippen molar-refractivity contribution in [2.45, 2.75) is 47.2 Å². The van der Waals surface area contributed by atoms with Gasteiger partial charge in [0.2, 0.25) is 0 Å². The van der Waals surface area contributed by atoms with Crippen LogP contribution in [0.4, 0.5) is 0 Å². The van der Waals surface area contributed by atoms with Crippen LogP contribution >= 0.6 is 58.5 Å². The van der Waals surface area contributed by atoms with Gasteiger partial charge < -0.3 is 24.4 Å². The topological polar surface area (TPSA) is 303 Å². The first-order valence-electron chi connectivity index (χ1n) is 22.9. The number of aromatic hydroxyl groups is 2. The lowest BCUT2D eigenvalue weighted by Crippen LogP contribution is -2.29. The molecule has 10 rings (SSSR count). The summed E-state index contributed by atoms with van der Waals surface area (Å²) < 4.78 is 52.6. The first-order valence-corrected chi connectivity index (χ1v) is 29.4. The van der Waals surface area contributed by atoms with Crippen LogP contribution in [0.15, 0.2) is 217 Å². The zero-order chi connectivity index (χ0) is 57.2. The summed E-state index contributed by atoms with van der Waals surface area (Å²) in [7, 11) is -4.96. The maximum atomic E-state index is 11.0. The van der Waals surface area contributed by atoms with Crippen molar-refractivity contribution < 1.29 is 41.3 Å². The van der Waals surface area contributed by atoms with Gasteiger partial charge in [-0.3, -0.25) is 0 Å². The number of hydrogen-bond acceptors (Lipinski definition) is 15. The maximum absolute atomic E-state index is 11.0. The Morgan fingerprint density at radius 3 is 1.21 bits per heavy atom. The highest BCUT2D eigenvalue weighted by molar-refractivity contribution is 9.10. The molecule has 0 bridgehead atoms. The van der Waals surface area contributed by atoms with Crippen molar-refractivity contribution in [1.29, 1.82) is 0 Å². The number of phenols is 2. The van der Waals surface area contributed by atoms with Gasteiger partial charge in [-0.1, -0.05) is 167 Å². The zero-order valence-electron chi connectivity index (χ0n) is 41.4. The molecule has 10 aromatic rings. The standard InChI is InChI=1S/C15H14N4O3S.C15H13N3O.C9H8BrN3.C7H6Br2.C6H7BO3.3CH4.ClH2NO2S/c16-23(20,21)22-15-6-2-5-14(8-15)13-4-1-3-12(7-13)9-19-11-17-10-18-19;19-15-6-2-5-14(8-15)13-4-1-3-12(7-13)9-18-11-16-10-17-18;10-9-3-1-2-8(4-9)5-13-7-11-6-12-13;8-5-6-2-1-3-7(9)4-6;8-6-3-1-2-5(4-6)7(9)10;;;;1-5(2,3)4/h1-8,10-11H,9H2,(H2,16,20,21);1-8,10-11,19H,9H2;1-4,6-7H,5H2;1-4H,5H2;1-4,8-10H;3*1H4;(H2,2,3,4). The highest BCUT2D eigenvalue weighted by Gasteiger charge is 2.10. The number of hydrogen-bond donors (Lipinski definition) is 6. The van der Waals surface area contributed by atoms with Crippen molar-refractivity contribution in [2.75, 3.05) is 0 Å². The molecule has 3 heterocycles. The van der Waals surface area contributed by atoms with E-state index in [1.807, 2.05) is 84.9 Å². The van der Waals surface area contributed by atoms with Crippen LogP contribution in [0, 0.1) is 0 Å². The molecule has 20 nitrogen and oxygen atoms in total. The van der Waals surface area contributed by atoms with Crippen LogP contribution < -0.4 is 19.9 Å². The van der Waals surface area contributed by atoms with Crippen molar-refractivity contribution in [3.8, 4) is 39.5 Å². The second-order valence-corrected chi connectivity index (χ2v) is 22.0. The Morgan fingerprint density at radius 1 is 0.500 bits per heavy atom. The van der Waals surface area contributed by atoms with Crippen molar-refractivity contribution >= 4 is 90.6 Å². The van der Waals surface area contributed by atoms with Crippen LogP contribution in [0.3, 0.4) is 0 Å². The molecule has 82 heavy (non-hydrogen) atoms. The first kappa shape index (κ1) is 71.0. The Balaban J connectivity index is 0.000000352. The van der Waals surface area contributed by atoms with Crippen LogP contribution in [-0.4, -0.2) is 88.5 Å². The van der Waals surface area contributed by atoms with Gasteiger partial charge in [-0.2, -0.15) is 37.3 Å². The summed E-state index contributed by atoms with van der Waals surface area (Å²) >= 11 is 10.2. The molecule has 434 valence electrons. The fourth-order valence-corrected chi connectivity index (χ4v) is 8.30. The number of phenolic OH excluding ortho intramolecular Hbond substituents is 2. The van der Waals surface area contributed by atoms with E-state index >= 15 is 0 Å². The predicted octanol–water partition coefficient (Wildman–Crippen LogP) is 10.1. The molecule has 8 N–H and O–H groups in total. The lowest BCUT2D eigenvalue weighted by molar-refractivity contribution is 0.424. The lowest BCUT2D eigenvalue weighted by Gasteiger charge is -2.08. The second-order valence-electron chi connectivity index (χ2n) is 16.2. The van der Waals surface area contributed by atoms with E-state index in [0.29, 0.717) is 18.6 Å². The highest BCUT2D eigenvalue weighted by Crippen LogP contribution is 2.26. The van der Waals surface area contributed by atoms with E-state index in [4.69, 9.17) is 24.5 Å². The number of rotatable bonds is 12. The third-order valence-corrected chi connectivity index (χ3v) is 12.0. The van der Waals surface area contributed by atoms with Gasteiger partial charge in [0.05, 0.1) is 19.6 Å². The zero-order valence-corrected chi connectivity index (χ0v) is 48.5. The molecule has 0 atom stereocenters. The predicted molar refractivity (Wildman–Crippen MR) is 335 cm³/mol. The van der Waals surface area contributed by atoms with Gasteiger partial charge in [0.1, 0.15) is 55.2 Å². The molecule has 0 saturated heterocycles. The van der Waals surface area contributed by atoms with Gasteiger partial charge in [0, 0.05) is 25.0 Å². The number of alkyl halides is 1. The van der Waals surface area contributed by atoms with Gasteiger partial charge in [0.25, 0.3) is 9.24 Å². The molecule has 0 aliphatic heterocycles. The molecule has 3 aromatic heterocycles. The summed E-state index contributed by atoms with van der Waals surface area (Å²) in [6.45, 7) is 2.05. The molecular weight excluding hydrogens is 1310 g/mol. The molecule has 0 saturated carbocycles.